The lowest BCUT2D eigenvalue weighted by Crippen LogP contribution is -2.16. The second-order valence-corrected chi connectivity index (χ2v) is 5.09. The molecule has 134 valence electrons. The van der Waals surface area contributed by atoms with Crippen LogP contribution >= 0.6 is 0 Å². The Morgan fingerprint density at radius 3 is 2.24 bits per heavy atom. The smallest absolute Gasteiger partial charge is 0.417 e. The van der Waals surface area contributed by atoms with Gasteiger partial charge in [-0.15, -0.1) is 0 Å². The third kappa shape index (κ3) is 3.38. The molecule has 1 aromatic carbocycles. The predicted molar refractivity (Wildman–Crippen MR) is 83.5 cm³/mol. The number of ether oxygens (including phenoxy) is 3. The van der Waals surface area contributed by atoms with Crippen molar-refractivity contribution in [3.05, 3.63) is 46.8 Å². The van der Waals surface area contributed by atoms with Crippen LogP contribution in [-0.2, 0) is 6.18 Å². The molecule has 0 fully saturated rings. The van der Waals surface area contributed by atoms with Crippen molar-refractivity contribution in [2.45, 2.75) is 13.1 Å². The van der Waals surface area contributed by atoms with E-state index in [1.54, 1.807) is 6.92 Å². The molecule has 0 amide bonds. The highest BCUT2D eigenvalue weighted by Gasteiger charge is 2.36. The first-order valence-corrected chi connectivity index (χ1v) is 7.11. The molecular weight excluding hydrogens is 339 g/mol. The first-order valence-electron chi connectivity index (χ1n) is 7.11. The van der Waals surface area contributed by atoms with Crippen LogP contribution < -0.4 is 14.2 Å². The van der Waals surface area contributed by atoms with Gasteiger partial charge < -0.3 is 14.2 Å². The number of hydrogen-bond donors (Lipinski definition) is 0. The van der Waals surface area contributed by atoms with Gasteiger partial charge in [0.1, 0.15) is 0 Å². The molecule has 0 spiro atoms. The molecule has 0 atom stereocenters. The van der Waals surface area contributed by atoms with Crippen LogP contribution in [0.3, 0.4) is 0 Å². The van der Waals surface area contributed by atoms with Gasteiger partial charge in [-0.1, -0.05) is 0 Å². The number of ketones is 1. The Labute approximate surface area is 142 Å². The number of alkyl halides is 3. The molecule has 1 aromatic heterocycles. The Morgan fingerprint density at radius 2 is 1.72 bits per heavy atom. The number of methoxy groups -OCH3 is 3. The first kappa shape index (κ1) is 18.6. The lowest BCUT2D eigenvalue weighted by Gasteiger charge is -2.18. The summed E-state index contributed by atoms with van der Waals surface area (Å²) in [6.07, 6.45) is -2.81. The summed E-state index contributed by atoms with van der Waals surface area (Å²) in [4.78, 5) is 16.5. The summed E-state index contributed by atoms with van der Waals surface area (Å²) >= 11 is 0. The maximum atomic E-state index is 13.2. The van der Waals surface area contributed by atoms with Crippen molar-refractivity contribution in [1.82, 2.24) is 4.98 Å². The molecule has 0 aliphatic rings. The van der Waals surface area contributed by atoms with Crippen LogP contribution in [0.1, 0.15) is 27.0 Å². The average molecular weight is 355 g/mol. The Hall–Kier alpha value is -2.77. The van der Waals surface area contributed by atoms with E-state index in [1.807, 2.05) is 0 Å². The van der Waals surface area contributed by atoms with E-state index < -0.39 is 23.1 Å². The summed E-state index contributed by atoms with van der Waals surface area (Å²) in [5.74, 6) is -0.441. The van der Waals surface area contributed by atoms with Crippen LogP contribution in [0.4, 0.5) is 13.2 Å². The summed E-state index contributed by atoms with van der Waals surface area (Å²) < 4.78 is 55.2. The highest BCUT2D eigenvalue weighted by Crippen LogP contribution is 2.43. The fourth-order valence-electron chi connectivity index (χ4n) is 2.52. The highest BCUT2D eigenvalue weighted by molar-refractivity contribution is 6.13. The second kappa shape index (κ2) is 7.00. The normalized spacial score (nSPS) is 11.2. The van der Waals surface area contributed by atoms with Gasteiger partial charge in [0, 0.05) is 12.4 Å². The van der Waals surface area contributed by atoms with Crippen molar-refractivity contribution < 1.29 is 32.2 Å². The molecule has 0 N–H and O–H groups in total. The Balaban J connectivity index is 2.74. The van der Waals surface area contributed by atoms with Gasteiger partial charge in [-0.2, -0.15) is 13.2 Å². The van der Waals surface area contributed by atoms with Gasteiger partial charge in [-0.05, 0) is 24.6 Å². The van der Waals surface area contributed by atoms with E-state index in [9.17, 15) is 18.0 Å². The lowest BCUT2D eigenvalue weighted by atomic mass is 9.95. The molecule has 2 aromatic rings. The molecule has 0 aliphatic heterocycles. The van der Waals surface area contributed by atoms with Crippen LogP contribution in [0.2, 0.25) is 0 Å². The molecule has 0 unspecified atom stereocenters. The minimum Gasteiger partial charge on any atom is -0.493 e. The van der Waals surface area contributed by atoms with Gasteiger partial charge in [0.15, 0.2) is 17.3 Å². The summed E-state index contributed by atoms with van der Waals surface area (Å²) in [7, 11) is 4.04. The van der Waals surface area contributed by atoms with E-state index in [0.717, 1.165) is 18.5 Å². The summed E-state index contributed by atoms with van der Waals surface area (Å²) in [5, 5.41) is 0. The van der Waals surface area contributed by atoms with E-state index in [4.69, 9.17) is 14.2 Å². The van der Waals surface area contributed by atoms with Gasteiger partial charge >= 0.3 is 6.18 Å². The number of benzene rings is 1. The standard InChI is InChI=1S/C17H16F3NO4/c1-9-7-12(23-2)15(24-3)16(25-4)13(9)14(22)10-8-21-6-5-11(10)17(18,19)20/h5-8H,1-4H3. The van der Waals surface area contributed by atoms with Crippen molar-refractivity contribution in [2.75, 3.05) is 21.3 Å². The third-order valence-corrected chi connectivity index (χ3v) is 3.63. The first-order chi connectivity index (χ1) is 11.8. The summed E-state index contributed by atoms with van der Waals surface area (Å²) in [5.41, 5.74) is -1.29. The van der Waals surface area contributed by atoms with Crippen molar-refractivity contribution in [3.63, 3.8) is 0 Å². The molecule has 8 heteroatoms. The fraction of sp³-hybridized carbons (Fsp3) is 0.294. The van der Waals surface area contributed by atoms with Crippen LogP contribution in [0.15, 0.2) is 24.5 Å². The second-order valence-electron chi connectivity index (χ2n) is 5.09. The van der Waals surface area contributed by atoms with E-state index in [1.165, 1.54) is 27.4 Å². The lowest BCUT2D eigenvalue weighted by molar-refractivity contribution is -0.137. The van der Waals surface area contributed by atoms with E-state index in [2.05, 4.69) is 4.98 Å². The fourth-order valence-corrected chi connectivity index (χ4v) is 2.52. The van der Waals surface area contributed by atoms with Gasteiger partial charge in [0.2, 0.25) is 5.75 Å². The Morgan fingerprint density at radius 1 is 1.08 bits per heavy atom. The van der Waals surface area contributed by atoms with Crippen molar-refractivity contribution >= 4 is 5.78 Å². The maximum absolute atomic E-state index is 13.2. The number of carbonyl (C=O) groups is 1. The SMILES string of the molecule is COc1cc(C)c(C(=O)c2cnccc2C(F)(F)F)c(OC)c1OC. The molecule has 5 nitrogen and oxygen atoms in total. The van der Waals surface area contributed by atoms with E-state index >= 15 is 0 Å². The summed E-state index contributed by atoms with van der Waals surface area (Å²) in [6, 6.07) is 2.26. The molecule has 0 saturated heterocycles. The number of pyridine rings is 1. The van der Waals surface area contributed by atoms with Crippen LogP contribution in [0.25, 0.3) is 0 Å². The summed E-state index contributed by atoms with van der Waals surface area (Å²) in [6.45, 7) is 1.57. The highest BCUT2D eigenvalue weighted by atomic mass is 19.4. The molecule has 0 radical (unpaired) electrons. The van der Waals surface area contributed by atoms with Gasteiger partial charge in [0.05, 0.1) is 38.0 Å². The molecule has 25 heavy (non-hydrogen) atoms. The Kier molecular flexibility index (Phi) is 5.20. The number of halogens is 3. The van der Waals surface area contributed by atoms with Crippen LogP contribution in [-0.4, -0.2) is 32.1 Å². The maximum Gasteiger partial charge on any atom is 0.417 e. The minimum atomic E-state index is -4.69. The van der Waals surface area contributed by atoms with Crippen LogP contribution in [0.5, 0.6) is 17.2 Å². The number of aromatic nitrogens is 1. The van der Waals surface area contributed by atoms with E-state index in [-0.39, 0.29) is 17.1 Å². The third-order valence-electron chi connectivity index (χ3n) is 3.63. The number of carbonyl (C=O) groups excluding carboxylic acids is 1. The van der Waals surface area contributed by atoms with Gasteiger partial charge in [-0.3, -0.25) is 9.78 Å². The van der Waals surface area contributed by atoms with Crippen molar-refractivity contribution in [1.29, 1.82) is 0 Å². The zero-order valence-electron chi connectivity index (χ0n) is 14.0. The predicted octanol–water partition coefficient (Wildman–Crippen LogP) is 3.67. The van der Waals surface area contributed by atoms with Crippen LogP contribution in [0, 0.1) is 6.92 Å². The van der Waals surface area contributed by atoms with E-state index in [0.29, 0.717) is 11.3 Å². The number of rotatable bonds is 5. The molecule has 1 heterocycles. The molecule has 0 aliphatic carbocycles. The molecule has 0 bridgehead atoms. The van der Waals surface area contributed by atoms with Crippen molar-refractivity contribution in [2.24, 2.45) is 0 Å². The van der Waals surface area contributed by atoms with Gasteiger partial charge in [-0.25, -0.2) is 0 Å². The molecule has 0 saturated carbocycles. The van der Waals surface area contributed by atoms with Crippen molar-refractivity contribution in [3.8, 4) is 17.2 Å². The minimum absolute atomic E-state index is 0.00123. The molecular formula is C17H16F3NO4. The van der Waals surface area contributed by atoms with Gasteiger partial charge in [0.25, 0.3) is 0 Å². The topological polar surface area (TPSA) is 57.7 Å². The zero-order chi connectivity index (χ0) is 18.8. The largest absolute Gasteiger partial charge is 0.493 e. The number of hydrogen-bond acceptors (Lipinski definition) is 5. The Bertz CT molecular complexity index is 803. The number of aryl methyl sites for hydroxylation is 1. The monoisotopic (exact) mass is 355 g/mol. The quantitative estimate of drug-likeness (QED) is 0.766. The number of nitrogens with zero attached hydrogens (tertiary/aromatic N) is 1. The molecule has 2 rings (SSSR count). The average Bonchev–Trinajstić information content (AvgIpc) is 2.59. The zero-order valence-corrected chi connectivity index (χ0v) is 14.0.